The van der Waals surface area contributed by atoms with Crippen molar-refractivity contribution in [1.82, 2.24) is 9.88 Å². The molecule has 0 spiro atoms. The lowest BCUT2D eigenvalue weighted by molar-refractivity contribution is -0.136. The smallest absolute Gasteiger partial charge is 0.242 e. The van der Waals surface area contributed by atoms with Crippen LogP contribution in [0.4, 0.5) is 0 Å². The zero-order chi connectivity index (χ0) is 19.2. The summed E-state index contributed by atoms with van der Waals surface area (Å²) in [6.45, 7) is 5.34. The average molecular weight is 446 g/mol. The summed E-state index contributed by atoms with van der Waals surface area (Å²) in [6, 6.07) is 3.86. The maximum atomic E-state index is 12.9. The molecule has 3 aliphatic rings. The highest BCUT2D eigenvalue weighted by Gasteiger charge is 2.48. The van der Waals surface area contributed by atoms with Crippen molar-refractivity contribution in [3.05, 3.63) is 23.5 Å². The van der Waals surface area contributed by atoms with Gasteiger partial charge in [-0.1, -0.05) is 12.8 Å². The second kappa shape index (κ2) is 9.38. The summed E-state index contributed by atoms with van der Waals surface area (Å²) in [7, 11) is 0. The number of pyridine rings is 1. The molecule has 1 aliphatic heterocycles. The van der Waals surface area contributed by atoms with E-state index in [4.69, 9.17) is 10.5 Å². The predicted molar refractivity (Wildman–Crippen MR) is 117 cm³/mol. The van der Waals surface area contributed by atoms with Gasteiger partial charge in [-0.15, -0.1) is 24.8 Å². The summed E-state index contributed by atoms with van der Waals surface area (Å²) in [5, 5.41) is 10.6. The topological polar surface area (TPSA) is 88.7 Å². The highest BCUT2D eigenvalue weighted by atomic mass is 35.5. The van der Waals surface area contributed by atoms with Gasteiger partial charge >= 0.3 is 0 Å². The number of carbonyl (C=O) groups is 1. The van der Waals surface area contributed by atoms with E-state index in [1.165, 1.54) is 0 Å². The minimum Gasteiger partial charge on any atom is -0.486 e. The SMILES string of the molecule is Cc1ccc(O[C@@H]2C[C@@H]3CN(C(=O)C4(N)CCCC4)C[C@@H]3C[C@H]2O)c(C)n1.Cl.Cl. The molecule has 3 fully saturated rings. The number of aliphatic hydroxyl groups excluding tert-OH is 1. The standard InChI is InChI=1S/C21H31N3O3.2ClH/c1-13-5-6-18(14(2)23-13)27-19-10-16-12-24(11-15(16)9-17(19)25)20(26)21(22)7-3-4-8-21;;/h5-6,15-17,19,25H,3-4,7-12,22H2,1-2H3;2*1H/t15-,16+,17+,19+;;/m0../s1. The first kappa shape index (κ1) is 24.2. The zero-order valence-corrected chi connectivity index (χ0v) is 18.8. The normalized spacial score (nSPS) is 30.1. The van der Waals surface area contributed by atoms with Crippen molar-refractivity contribution in [2.45, 2.75) is 70.1 Å². The number of aryl methyl sites for hydroxylation is 2. The van der Waals surface area contributed by atoms with E-state index in [9.17, 15) is 9.90 Å². The van der Waals surface area contributed by atoms with E-state index in [2.05, 4.69) is 4.98 Å². The van der Waals surface area contributed by atoms with Crippen LogP contribution in [-0.2, 0) is 4.79 Å². The van der Waals surface area contributed by atoms with Gasteiger partial charge in [-0.3, -0.25) is 9.78 Å². The molecule has 1 aromatic heterocycles. The Bertz CT molecular complexity index is 727. The van der Waals surface area contributed by atoms with Crippen LogP contribution < -0.4 is 10.5 Å². The molecule has 164 valence electrons. The van der Waals surface area contributed by atoms with Crippen LogP contribution in [0, 0.1) is 25.7 Å². The third-order valence-corrected chi connectivity index (χ3v) is 6.75. The van der Waals surface area contributed by atoms with Crippen molar-refractivity contribution >= 4 is 30.7 Å². The van der Waals surface area contributed by atoms with Gasteiger partial charge < -0.3 is 20.5 Å². The van der Waals surface area contributed by atoms with Gasteiger partial charge in [-0.05, 0) is 63.5 Å². The third-order valence-electron chi connectivity index (χ3n) is 6.75. The molecule has 1 aromatic rings. The van der Waals surface area contributed by atoms with E-state index >= 15 is 0 Å². The molecular formula is C21H33Cl2N3O3. The van der Waals surface area contributed by atoms with E-state index in [0.29, 0.717) is 18.3 Å². The van der Waals surface area contributed by atoms with Crippen LogP contribution in [0.3, 0.4) is 0 Å². The van der Waals surface area contributed by atoms with Gasteiger partial charge in [0.15, 0.2) is 0 Å². The fourth-order valence-corrected chi connectivity index (χ4v) is 5.18. The Morgan fingerprint density at radius 1 is 1.17 bits per heavy atom. The van der Waals surface area contributed by atoms with Crippen molar-refractivity contribution in [2.75, 3.05) is 13.1 Å². The van der Waals surface area contributed by atoms with Crippen LogP contribution >= 0.6 is 24.8 Å². The van der Waals surface area contributed by atoms with Crippen molar-refractivity contribution in [2.24, 2.45) is 17.6 Å². The fraction of sp³-hybridized carbons (Fsp3) is 0.714. The molecule has 1 amide bonds. The predicted octanol–water partition coefficient (Wildman–Crippen LogP) is 2.79. The Morgan fingerprint density at radius 2 is 1.79 bits per heavy atom. The number of hydrogen-bond acceptors (Lipinski definition) is 5. The molecule has 1 saturated heterocycles. The van der Waals surface area contributed by atoms with Crippen molar-refractivity contribution in [3.63, 3.8) is 0 Å². The summed E-state index contributed by atoms with van der Waals surface area (Å²) in [5.74, 6) is 1.55. The molecule has 0 bridgehead atoms. The van der Waals surface area contributed by atoms with Gasteiger partial charge in [0.1, 0.15) is 11.9 Å². The van der Waals surface area contributed by atoms with Crippen LogP contribution in [0.25, 0.3) is 0 Å². The number of likely N-dealkylation sites (tertiary alicyclic amines) is 1. The number of nitrogens with zero attached hydrogens (tertiary/aromatic N) is 2. The number of carbonyl (C=O) groups excluding carboxylic acids is 1. The number of amides is 1. The summed E-state index contributed by atoms with van der Waals surface area (Å²) in [6.07, 6.45) is 4.36. The number of rotatable bonds is 3. The first-order valence-electron chi connectivity index (χ1n) is 10.2. The van der Waals surface area contributed by atoms with E-state index in [1.807, 2.05) is 30.9 Å². The number of aromatic nitrogens is 1. The molecule has 6 nitrogen and oxygen atoms in total. The lowest BCUT2D eigenvalue weighted by atomic mass is 9.78. The number of halogens is 2. The Kier molecular flexibility index (Phi) is 7.82. The fourth-order valence-electron chi connectivity index (χ4n) is 5.18. The minimum absolute atomic E-state index is 0. The highest BCUT2D eigenvalue weighted by molar-refractivity contribution is 5.86. The molecule has 29 heavy (non-hydrogen) atoms. The van der Waals surface area contributed by atoms with Gasteiger partial charge in [-0.25, -0.2) is 0 Å². The van der Waals surface area contributed by atoms with Gasteiger partial charge in [0.2, 0.25) is 5.91 Å². The van der Waals surface area contributed by atoms with Gasteiger partial charge in [-0.2, -0.15) is 0 Å². The van der Waals surface area contributed by atoms with Crippen LogP contribution in [0.1, 0.15) is 49.9 Å². The minimum atomic E-state index is -0.660. The monoisotopic (exact) mass is 445 g/mol. The molecule has 8 heteroatoms. The average Bonchev–Trinajstić information content (AvgIpc) is 3.23. The molecule has 3 N–H and O–H groups in total. The molecule has 0 radical (unpaired) electrons. The maximum Gasteiger partial charge on any atom is 0.242 e. The molecule has 2 aliphatic carbocycles. The Hall–Kier alpha value is -1.08. The summed E-state index contributed by atoms with van der Waals surface area (Å²) in [4.78, 5) is 19.3. The third kappa shape index (κ3) is 4.82. The van der Waals surface area contributed by atoms with Crippen molar-refractivity contribution in [3.8, 4) is 5.75 Å². The largest absolute Gasteiger partial charge is 0.486 e. The van der Waals surface area contributed by atoms with Crippen LogP contribution in [0.15, 0.2) is 12.1 Å². The van der Waals surface area contributed by atoms with E-state index in [0.717, 1.165) is 62.3 Å². The molecule has 2 heterocycles. The number of fused-ring (bicyclic) bond motifs is 1. The molecule has 2 saturated carbocycles. The maximum absolute atomic E-state index is 12.9. The lowest BCUT2D eigenvalue weighted by Crippen LogP contribution is -2.53. The zero-order valence-electron chi connectivity index (χ0n) is 17.2. The Labute approximate surface area is 185 Å². The van der Waals surface area contributed by atoms with Crippen molar-refractivity contribution in [1.29, 1.82) is 0 Å². The van der Waals surface area contributed by atoms with E-state index < -0.39 is 11.6 Å². The molecule has 4 rings (SSSR count). The summed E-state index contributed by atoms with van der Waals surface area (Å²) < 4.78 is 6.14. The van der Waals surface area contributed by atoms with E-state index in [1.54, 1.807) is 0 Å². The number of hydrogen-bond donors (Lipinski definition) is 2. The molecular weight excluding hydrogens is 413 g/mol. The lowest BCUT2D eigenvalue weighted by Gasteiger charge is -2.35. The van der Waals surface area contributed by atoms with E-state index in [-0.39, 0.29) is 36.8 Å². The number of nitrogens with two attached hydrogens (primary N) is 1. The van der Waals surface area contributed by atoms with Gasteiger partial charge in [0.05, 0.1) is 17.3 Å². The number of aliphatic hydroxyl groups is 1. The second-order valence-corrected chi connectivity index (χ2v) is 8.82. The molecule has 0 unspecified atom stereocenters. The first-order valence-corrected chi connectivity index (χ1v) is 10.2. The van der Waals surface area contributed by atoms with Gasteiger partial charge in [0, 0.05) is 18.8 Å². The van der Waals surface area contributed by atoms with Gasteiger partial charge in [0.25, 0.3) is 0 Å². The first-order chi connectivity index (χ1) is 12.9. The van der Waals surface area contributed by atoms with Crippen LogP contribution in [0.5, 0.6) is 5.75 Å². The molecule has 4 atom stereocenters. The quantitative estimate of drug-likeness (QED) is 0.746. The Morgan fingerprint density at radius 3 is 2.41 bits per heavy atom. The number of ether oxygens (including phenoxy) is 1. The van der Waals surface area contributed by atoms with Crippen LogP contribution in [0.2, 0.25) is 0 Å². The molecule has 0 aromatic carbocycles. The summed E-state index contributed by atoms with van der Waals surface area (Å²) in [5.41, 5.74) is 7.53. The second-order valence-electron chi connectivity index (χ2n) is 8.82. The highest BCUT2D eigenvalue weighted by Crippen LogP contribution is 2.40. The summed E-state index contributed by atoms with van der Waals surface area (Å²) >= 11 is 0. The Balaban J connectivity index is 0.00000150. The van der Waals surface area contributed by atoms with Crippen LogP contribution in [-0.4, -0.2) is 51.7 Å². The van der Waals surface area contributed by atoms with Crippen molar-refractivity contribution < 1.29 is 14.6 Å².